The van der Waals surface area contributed by atoms with Crippen LogP contribution < -0.4 is 4.72 Å². The molecule has 2 fully saturated rings. The van der Waals surface area contributed by atoms with Crippen molar-refractivity contribution in [2.75, 3.05) is 6.54 Å². The van der Waals surface area contributed by atoms with Crippen molar-refractivity contribution in [1.82, 2.24) is 9.03 Å². The quantitative estimate of drug-likeness (QED) is 0.909. The van der Waals surface area contributed by atoms with Crippen LogP contribution in [0, 0.1) is 5.92 Å². The number of benzene rings is 1. The van der Waals surface area contributed by atoms with Gasteiger partial charge in [-0.3, -0.25) is 0 Å². The van der Waals surface area contributed by atoms with Crippen molar-refractivity contribution in [3.05, 3.63) is 35.9 Å². The van der Waals surface area contributed by atoms with E-state index in [1.165, 1.54) is 0 Å². The van der Waals surface area contributed by atoms with Gasteiger partial charge in [0.15, 0.2) is 0 Å². The highest BCUT2D eigenvalue weighted by Crippen LogP contribution is 2.41. The first-order valence-corrected chi connectivity index (χ1v) is 9.36. The Morgan fingerprint density at radius 3 is 2.48 bits per heavy atom. The van der Waals surface area contributed by atoms with E-state index in [9.17, 15) is 8.42 Å². The summed E-state index contributed by atoms with van der Waals surface area (Å²) in [5.74, 6) is 0.447. The Morgan fingerprint density at radius 1 is 1.14 bits per heavy atom. The van der Waals surface area contributed by atoms with E-state index < -0.39 is 10.2 Å². The van der Waals surface area contributed by atoms with Crippen molar-refractivity contribution < 1.29 is 8.42 Å². The average Bonchev–Trinajstić information content (AvgIpc) is 3.31. The molecule has 2 atom stereocenters. The van der Waals surface area contributed by atoms with Crippen LogP contribution in [0.1, 0.15) is 50.6 Å². The van der Waals surface area contributed by atoms with Crippen LogP contribution in [0.15, 0.2) is 30.3 Å². The summed E-state index contributed by atoms with van der Waals surface area (Å²) in [5.41, 5.74) is 1.08. The highest BCUT2D eigenvalue weighted by molar-refractivity contribution is 7.87. The molecule has 0 aromatic heterocycles. The van der Waals surface area contributed by atoms with Gasteiger partial charge in [-0.25, -0.2) is 0 Å². The predicted molar refractivity (Wildman–Crippen MR) is 84.0 cm³/mol. The fourth-order valence-electron chi connectivity index (χ4n) is 3.18. The van der Waals surface area contributed by atoms with Gasteiger partial charge in [-0.2, -0.15) is 17.4 Å². The van der Waals surface area contributed by atoms with Crippen LogP contribution >= 0.6 is 0 Å². The molecule has 4 nitrogen and oxygen atoms in total. The van der Waals surface area contributed by atoms with Gasteiger partial charge in [-0.15, -0.1) is 0 Å². The maximum atomic E-state index is 12.7. The minimum atomic E-state index is -3.40. The normalized spacial score (nSPS) is 25.7. The smallest absolute Gasteiger partial charge is 0.195 e. The molecule has 1 aromatic carbocycles. The summed E-state index contributed by atoms with van der Waals surface area (Å²) in [4.78, 5) is 0. The Morgan fingerprint density at radius 2 is 1.86 bits per heavy atom. The molecule has 0 amide bonds. The first-order chi connectivity index (χ1) is 10.1. The Bertz CT molecular complexity index is 569. The van der Waals surface area contributed by atoms with E-state index in [1.54, 1.807) is 4.31 Å². The minimum absolute atomic E-state index is 0.0784. The first-order valence-electron chi connectivity index (χ1n) is 7.92. The van der Waals surface area contributed by atoms with Gasteiger partial charge in [-0.1, -0.05) is 36.8 Å². The summed E-state index contributed by atoms with van der Waals surface area (Å²) in [5, 5.41) is 0. The van der Waals surface area contributed by atoms with Crippen molar-refractivity contribution in [2.45, 2.75) is 51.1 Å². The van der Waals surface area contributed by atoms with Crippen LogP contribution in [0.25, 0.3) is 0 Å². The number of nitrogens with zero attached hydrogens (tertiary/aromatic N) is 1. The third kappa shape index (κ3) is 3.47. The van der Waals surface area contributed by atoms with E-state index in [1.807, 2.05) is 37.3 Å². The zero-order valence-electron chi connectivity index (χ0n) is 12.5. The van der Waals surface area contributed by atoms with E-state index in [0.717, 1.165) is 37.7 Å². The maximum absolute atomic E-state index is 12.7. The predicted octanol–water partition coefficient (Wildman–Crippen LogP) is 2.85. The molecule has 1 N–H and O–H groups in total. The first kappa shape index (κ1) is 15.0. The van der Waals surface area contributed by atoms with Crippen LogP contribution in [0.2, 0.25) is 0 Å². The molecule has 0 unspecified atom stereocenters. The van der Waals surface area contributed by atoms with Crippen molar-refractivity contribution in [1.29, 1.82) is 0 Å². The van der Waals surface area contributed by atoms with E-state index >= 15 is 0 Å². The van der Waals surface area contributed by atoms with Crippen LogP contribution in [-0.2, 0) is 10.2 Å². The molecule has 21 heavy (non-hydrogen) atoms. The molecule has 1 saturated carbocycles. The number of piperidine rings is 1. The van der Waals surface area contributed by atoms with Gasteiger partial charge in [0.2, 0.25) is 0 Å². The van der Waals surface area contributed by atoms with Gasteiger partial charge in [-0.05, 0) is 44.1 Å². The third-order valence-electron chi connectivity index (χ3n) is 4.58. The van der Waals surface area contributed by atoms with E-state index in [-0.39, 0.29) is 12.1 Å². The second-order valence-corrected chi connectivity index (χ2v) is 7.96. The van der Waals surface area contributed by atoms with Gasteiger partial charge < -0.3 is 0 Å². The van der Waals surface area contributed by atoms with Crippen LogP contribution in [0.3, 0.4) is 0 Å². The topological polar surface area (TPSA) is 49.4 Å². The van der Waals surface area contributed by atoms with Gasteiger partial charge in [0.25, 0.3) is 10.2 Å². The lowest BCUT2D eigenvalue weighted by atomic mass is 10.0. The second-order valence-electron chi connectivity index (χ2n) is 6.30. The van der Waals surface area contributed by atoms with Crippen LogP contribution in [-0.4, -0.2) is 25.3 Å². The lowest BCUT2D eigenvalue weighted by molar-refractivity contribution is 0.263. The summed E-state index contributed by atoms with van der Waals surface area (Å²) < 4.78 is 30.1. The van der Waals surface area contributed by atoms with Crippen molar-refractivity contribution in [2.24, 2.45) is 5.92 Å². The molecule has 1 aromatic rings. The van der Waals surface area contributed by atoms with E-state index in [2.05, 4.69) is 4.72 Å². The van der Waals surface area contributed by atoms with Gasteiger partial charge >= 0.3 is 0 Å². The number of hydrogen-bond donors (Lipinski definition) is 1. The molecule has 1 aliphatic heterocycles. The molecule has 1 aliphatic carbocycles. The molecule has 3 rings (SSSR count). The molecular formula is C16H24N2O2S. The Kier molecular flexibility index (Phi) is 4.33. The van der Waals surface area contributed by atoms with Gasteiger partial charge in [0.1, 0.15) is 0 Å². The molecule has 0 spiro atoms. The third-order valence-corrected chi connectivity index (χ3v) is 6.29. The number of rotatable bonds is 5. The lowest BCUT2D eigenvalue weighted by Gasteiger charge is -2.33. The maximum Gasteiger partial charge on any atom is 0.280 e. The fourth-order valence-corrected chi connectivity index (χ4v) is 4.92. The molecule has 5 heteroatoms. The van der Waals surface area contributed by atoms with Crippen molar-refractivity contribution in [3.8, 4) is 0 Å². The SMILES string of the molecule is C[C@H]1CCCCN1S(=O)(=O)N[C@H](c1ccccc1)C1CC1. The Labute approximate surface area is 127 Å². The fraction of sp³-hybridized carbons (Fsp3) is 0.625. The zero-order chi connectivity index (χ0) is 14.9. The van der Waals surface area contributed by atoms with E-state index in [0.29, 0.717) is 12.5 Å². The largest absolute Gasteiger partial charge is 0.280 e. The number of nitrogens with one attached hydrogen (secondary N) is 1. The van der Waals surface area contributed by atoms with Gasteiger partial charge in [0, 0.05) is 12.6 Å². The summed E-state index contributed by atoms with van der Waals surface area (Å²) >= 11 is 0. The van der Waals surface area contributed by atoms with Crippen molar-refractivity contribution >= 4 is 10.2 Å². The minimum Gasteiger partial charge on any atom is -0.195 e. The highest BCUT2D eigenvalue weighted by atomic mass is 32.2. The zero-order valence-corrected chi connectivity index (χ0v) is 13.3. The summed E-state index contributed by atoms with van der Waals surface area (Å²) in [7, 11) is -3.40. The second kappa shape index (κ2) is 6.07. The monoisotopic (exact) mass is 308 g/mol. The molecular weight excluding hydrogens is 284 g/mol. The molecule has 1 saturated heterocycles. The van der Waals surface area contributed by atoms with Gasteiger partial charge in [0.05, 0.1) is 6.04 Å². The van der Waals surface area contributed by atoms with E-state index in [4.69, 9.17) is 0 Å². The molecule has 0 radical (unpaired) electrons. The summed E-state index contributed by atoms with van der Waals surface area (Å²) in [6.45, 7) is 2.65. The Balaban J connectivity index is 1.79. The average molecular weight is 308 g/mol. The highest BCUT2D eigenvalue weighted by Gasteiger charge is 2.38. The summed E-state index contributed by atoms with van der Waals surface area (Å²) in [6.07, 6.45) is 5.26. The summed E-state index contributed by atoms with van der Waals surface area (Å²) in [6, 6.07) is 9.98. The Hall–Kier alpha value is -0.910. The lowest BCUT2D eigenvalue weighted by Crippen LogP contribution is -2.49. The van der Waals surface area contributed by atoms with Crippen molar-refractivity contribution in [3.63, 3.8) is 0 Å². The molecule has 1 heterocycles. The molecule has 2 aliphatic rings. The standard InChI is InChI=1S/C16H24N2O2S/c1-13-7-5-6-12-18(13)21(19,20)17-16(15-10-11-15)14-8-3-2-4-9-14/h2-4,8-9,13,15-17H,5-7,10-12H2,1H3/t13-,16+/m0/s1. The van der Waals surface area contributed by atoms with Crippen LogP contribution in [0.4, 0.5) is 0 Å². The number of hydrogen-bond acceptors (Lipinski definition) is 2. The van der Waals surface area contributed by atoms with Crippen LogP contribution in [0.5, 0.6) is 0 Å². The molecule has 0 bridgehead atoms. The molecule has 116 valence electrons.